The second-order valence-electron chi connectivity index (χ2n) is 4.75. The van der Waals surface area contributed by atoms with Crippen LogP contribution in [0.1, 0.15) is 33.1 Å². The van der Waals surface area contributed by atoms with Crippen LogP contribution >= 0.6 is 15.9 Å². The lowest BCUT2D eigenvalue weighted by Gasteiger charge is -2.34. The molecule has 68 valence electrons. The van der Waals surface area contributed by atoms with E-state index in [1.165, 1.54) is 6.42 Å². The normalized spacial score (nSPS) is 51.9. The first-order valence-corrected chi connectivity index (χ1v) is 5.76. The largest absolute Gasteiger partial charge is 0.299 e. The minimum Gasteiger partial charge on any atom is -0.299 e. The third-order valence-corrected chi connectivity index (χ3v) is 5.64. The van der Waals surface area contributed by atoms with Gasteiger partial charge in [0.1, 0.15) is 5.78 Å². The lowest BCUT2D eigenvalue weighted by Crippen LogP contribution is -2.36. The molecule has 2 unspecified atom stereocenters. The van der Waals surface area contributed by atoms with Crippen molar-refractivity contribution in [2.24, 2.45) is 16.7 Å². The molecule has 0 radical (unpaired) electrons. The number of alkyl halides is 1. The zero-order valence-electron chi connectivity index (χ0n) is 7.69. The molecule has 12 heavy (non-hydrogen) atoms. The molecule has 0 amide bonds. The summed E-state index contributed by atoms with van der Waals surface area (Å²) < 4.78 is 0. The van der Waals surface area contributed by atoms with Crippen LogP contribution in [-0.4, -0.2) is 11.1 Å². The minimum atomic E-state index is -0.0127. The topological polar surface area (TPSA) is 17.1 Å². The Labute approximate surface area is 82.0 Å². The number of Topliss-reactive ketones (excluding diaryl/α,β-unsaturated/α-hetero) is 1. The third kappa shape index (κ3) is 0.729. The van der Waals surface area contributed by atoms with E-state index in [2.05, 4.69) is 29.8 Å². The predicted octanol–water partition coefficient (Wildman–Crippen LogP) is 2.78. The quantitative estimate of drug-likeness (QED) is 0.634. The lowest BCUT2D eigenvalue weighted by molar-refractivity contribution is -0.128. The molecular formula is C10H15BrO. The molecule has 2 saturated carbocycles. The Balaban J connectivity index is 2.44. The molecule has 0 saturated heterocycles. The molecule has 0 aromatic carbocycles. The number of halogens is 1. The van der Waals surface area contributed by atoms with Gasteiger partial charge in [-0.3, -0.25) is 4.79 Å². The Morgan fingerprint density at radius 2 is 2.25 bits per heavy atom. The number of carbonyl (C=O) groups is 1. The number of ketones is 1. The molecule has 0 aliphatic heterocycles. The van der Waals surface area contributed by atoms with Crippen LogP contribution in [0.25, 0.3) is 0 Å². The van der Waals surface area contributed by atoms with Crippen LogP contribution in [0.3, 0.4) is 0 Å². The van der Waals surface area contributed by atoms with Crippen molar-refractivity contribution < 1.29 is 4.79 Å². The van der Waals surface area contributed by atoms with Crippen molar-refractivity contribution >= 4 is 21.7 Å². The van der Waals surface area contributed by atoms with Gasteiger partial charge in [0, 0.05) is 17.2 Å². The summed E-state index contributed by atoms with van der Waals surface area (Å²) in [5, 5.41) is 0.979. The number of hydrogen-bond donors (Lipinski definition) is 0. The van der Waals surface area contributed by atoms with Crippen LogP contribution < -0.4 is 0 Å². The first-order valence-electron chi connectivity index (χ1n) is 4.64. The number of fused-ring (bicyclic) bond motifs is 2. The van der Waals surface area contributed by atoms with E-state index in [-0.39, 0.29) is 10.8 Å². The summed E-state index contributed by atoms with van der Waals surface area (Å²) in [6.45, 7) is 4.42. The van der Waals surface area contributed by atoms with Crippen molar-refractivity contribution in [1.82, 2.24) is 0 Å². The Hall–Kier alpha value is 0.150. The highest BCUT2D eigenvalue weighted by molar-refractivity contribution is 9.09. The highest BCUT2D eigenvalue weighted by Crippen LogP contribution is 2.64. The molecule has 0 aromatic heterocycles. The van der Waals surface area contributed by atoms with Crippen molar-refractivity contribution in [2.75, 3.05) is 5.33 Å². The van der Waals surface area contributed by atoms with E-state index in [9.17, 15) is 4.79 Å². The summed E-state index contributed by atoms with van der Waals surface area (Å²) in [4.78, 5) is 11.7. The fourth-order valence-electron chi connectivity index (χ4n) is 3.01. The molecule has 2 rings (SSSR count). The van der Waals surface area contributed by atoms with Gasteiger partial charge in [-0.05, 0) is 24.2 Å². The molecule has 2 fully saturated rings. The van der Waals surface area contributed by atoms with Crippen LogP contribution in [0.4, 0.5) is 0 Å². The first kappa shape index (κ1) is 8.74. The Morgan fingerprint density at radius 3 is 2.50 bits per heavy atom. The number of carbonyl (C=O) groups excluding carboxylic acids is 1. The second-order valence-corrected chi connectivity index (χ2v) is 5.31. The highest BCUT2D eigenvalue weighted by Gasteiger charge is 2.63. The Morgan fingerprint density at radius 1 is 1.58 bits per heavy atom. The van der Waals surface area contributed by atoms with Crippen LogP contribution in [0.2, 0.25) is 0 Å². The van der Waals surface area contributed by atoms with E-state index in [4.69, 9.17) is 0 Å². The molecule has 2 bridgehead atoms. The van der Waals surface area contributed by atoms with Gasteiger partial charge in [0.05, 0.1) is 0 Å². The molecule has 1 nitrogen and oxygen atoms in total. The van der Waals surface area contributed by atoms with Crippen molar-refractivity contribution in [2.45, 2.75) is 33.1 Å². The summed E-state index contributed by atoms with van der Waals surface area (Å²) in [6.07, 6.45) is 3.20. The summed E-state index contributed by atoms with van der Waals surface area (Å²) in [7, 11) is 0. The van der Waals surface area contributed by atoms with E-state index < -0.39 is 0 Å². The summed E-state index contributed by atoms with van der Waals surface area (Å²) >= 11 is 3.56. The number of rotatable bonds is 1. The van der Waals surface area contributed by atoms with E-state index in [0.29, 0.717) is 11.7 Å². The fraction of sp³-hybridized carbons (Fsp3) is 0.900. The first-order chi connectivity index (χ1) is 5.54. The molecule has 2 aliphatic carbocycles. The van der Waals surface area contributed by atoms with Crippen LogP contribution in [-0.2, 0) is 4.79 Å². The average molecular weight is 231 g/mol. The van der Waals surface area contributed by atoms with E-state index >= 15 is 0 Å². The van der Waals surface area contributed by atoms with Crippen LogP contribution in [0.15, 0.2) is 0 Å². The molecule has 0 N–H and O–H groups in total. The van der Waals surface area contributed by atoms with Gasteiger partial charge in [0.25, 0.3) is 0 Å². The van der Waals surface area contributed by atoms with E-state index in [0.717, 1.165) is 18.2 Å². The summed E-state index contributed by atoms with van der Waals surface area (Å²) in [6, 6.07) is 0. The second kappa shape index (κ2) is 2.34. The van der Waals surface area contributed by atoms with Crippen LogP contribution in [0.5, 0.6) is 0 Å². The summed E-state index contributed by atoms with van der Waals surface area (Å²) in [5.74, 6) is 1.15. The molecule has 0 heterocycles. The van der Waals surface area contributed by atoms with Gasteiger partial charge in [-0.15, -0.1) is 0 Å². The molecule has 3 atom stereocenters. The minimum absolute atomic E-state index is 0.0127. The fourth-order valence-corrected chi connectivity index (χ4v) is 4.09. The van der Waals surface area contributed by atoms with Gasteiger partial charge >= 0.3 is 0 Å². The van der Waals surface area contributed by atoms with Gasteiger partial charge in [0.2, 0.25) is 0 Å². The van der Waals surface area contributed by atoms with Crippen molar-refractivity contribution in [1.29, 1.82) is 0 Å². The molecule has 2 heteroatoms. The van der Waals surface area contributed by atoms with Gasteiger partial charge in [-0.25, -0.2) is 0 Å². The maximum absolute atomic E-state index is 11.7. The Kier molecular flexibility index (Phi) is 1.70. The molecule has 0 aromatic rings. The zero-order valence-corrected chi connectivity index (χ0v) is 9.28. The van der Waals surface area contributed by atoms with Gasteiger partial charge in [0.15, 0.2) is 0 Å². The Bertz CT molecular complexity index is 238. The van der Waals surface area contributed by atoms with Crippen molar-refractivity contribution in [3.8, 4) is 0 Å². The third-order valence-electron chi connectivity index (χ3n) is 4.48. The lowest BCUT2D eigenvalue weighted by atomic mass is 9.70. The summed E-state index contributed by atoms with van der Waals surface area (Å²) in [5.41, 5.74) is 0.227. The molecular weight excluding hydrogens is 216 g/mol. The van der Waals surface area contributed by atoms with E-state index in [1.54, 1.807) is 0 Å². The van der Waals surface area contributed by atoms with Gasteiger partial charge < -0.3 is 0 Å². The predicted molar refractivity (Wildman–Crippen MR) is 52.4 cm³/mol. The molecule has 0 spiro atoms. The molecule has 2 aliphatic rings. The standard InChI is InChI=1S/C10H15BrO/c1-9-4-3-7(5-8(9)12)10(9,2)6-11/h7H,3-6H2,1-2H3/t7?,9?,10-/m1/s1. The van der Waals surface area contributed by atoms with Crippen LogP contribution in [0, 0.1) is 16.7 Å². The SMILES string of the molecule is CC12CCC(CC1=O)[C@@]2(C)CBr. The maximum atomic E-state index is 11.7. The van der Waals surface area contributed by atoms with Gasteiger partial charge in [-0.2, -0.15) is 0 Å². The van der Waals surface area contributed by atoms with Crippen molar-refractivity contribution in [3.05, 3.63) is 0 Å². The average Bonchev–Trinajstić information content (AvgIpc) is 2.39. The number of hydrogen-bond acceptors (Lipinski definition) is 1. The smallest absolute Gasteiger partial charge is 0.139 e. The highest BCUT2D eigenvalue weighted by atomic mass is 79.9. The van der Waals surface area contributed by atoms with E-state index in [1.807, 2.05) is 0 Å². The van der Waals surface area contributed by atoms with Crippen molar-refractivity contribution in [3.63, 3.8) is 0 Å². The zero-order chi connectivity index (χ0) is 8.98. The maximum Gasteiger partial charge on any atom is 0.139 e. The van der Waals surface area contributed by atoms with Gasteiger partial charge in [-0.1, -0.05) is 29.8 Å². The monoisotopic (exact) mass is 230 g/mol.